The van der Waals surface area contributed by atoms with Gasteiger partial charge in [-0.3, -0.25) is 18.2 Å². The molecule has 1 saturated heterocycles. The van der Waals surface area contributed by atoms with Crippen molar-refractivity contribution in [1.29, 1.82) is 0 Å². The summed E-state index contributed by atoms with van der Waals surface area (Å²) in [5.41, 5.74) is 3.85. The molecule has 4 rings (SSSR count). The maximum Gasteiger partial charge on any atom is 0.251 e. The quantitative estimate of drug-likeness (QED) is 0.168. The molecule has 3 atom stereocenters. The van der Waals surface area contributed by atoms with Crippen LogP contribution in [0.1, 0.15) is 54.6 Å². The van der Waals surface area contributed by atoms with Gasteiger partial charge in [-0.15, -0.1) is 10.8 Å². The van der Waals surface area contributed by atoms with Gasteiger partial charge in [0.25, 0.3) is 5.91 Å². The Kier molecular flexibility index (Phi) is 10.7. The summed E-state index contributed by atoms with van der Waals surface area (Å²) in [4.78, 5) is 13.7. The van der Waals surface area contributed by atoms with Crippen molar-refractivity contribution in [2.75, 3.05) is 35.0 Å². The molecule has 8 nitrogen and oxygen atoms in total. The number of hydrogen-bond donors (Lipinski definition) is 6. The van der Waals surface area contributed by atoms with E-state index < -0.39 is 22.9 Å². The maximum absolute atomic E-state index is 13.7. The normalized spacial score (nSPS) is 18.9. The summed E-state index contributed by atoms with van der Waals surface area (Å²) >= 11 is 0. The van der Waals surface area contributed by atoms with Gasteiger partial charge in [0.2, 0.25) is 0 Å². The molecule has 1 heterocycles. The van der Waals surface area contributed by atoms with Crippen LogP contribution in [0.25, 0.3) is 0 Å². The van der Waals surface area contributed by atoms with Crippen LogP contribution in [0.15, 0.2) is 78.9 Å². The lowest BCUT2D eigenvalue weighted by molar-refractivity contribution is 0.0827. The lowest BCUT2D eigenvalue weighted by Crippen LogP contribution is -2.49. The van der Waals surface area contributed by atoms with Crippen LogP contribution in [0, 0.1) is 0 Å². The summed E-state index contributed by atoms with van der Waals surface area (Å²) in [5, 5.41) is 20.7. The molecule has 0 aliphatic carbocycles. The van der Waals surface area contributed by atoms with Crippen LogP contribution < -0.4 is 20.3 Å². The number of rotatable bonds is 12. The molecule has 0 bridgehead atoms. The molecule has 1 aliphatic rings. The number of nitrogens with one attached hydrogen (secondary N) is 3. The maximum atomic E-state index is 13.7. The molecule has 9 heteroatoms. The zero-order valence-corrected chi connectivity index (χ0v) is 25.0. The van der Waals surface area contributed by atoms with Crippen molar-refractivity contribution in [3.05, 3.63) is 95.6 Å². The molecule has 1 amide bonds. The van der Waals surface area contributed by atoms with Crippen molar-refractivity contribution in [3.63, 3.8) is 0 Å². The zero-order chi connectivity index (χ0) is 29.4. The number of carbonyl (C=O) groups is 1. The molecule has 0 aromatic heterocycles. The van der Waals surface area contributed by atoms with Gasteiger partial charge in [-0.2, -0.15) is 0 Å². The molecule has 1 aliphatic heterocycles. The molecule has 3 aromatic rings. The molecule has 3 aromatic carbocycles. The van der Waals surface area contributed by atoms with Crippen LogP contribution in [0.4, 0.5) is 11.4 Å². The van der Waals surface area contributed by atoms with Crippen molar-refractivity contribution >= 4 is 28.1 Å². The second-order valence-electron chi connectivity index (χ2n) is 11.0. The minimum atomic E-state index is -3.06. The average Bonchev–Trinajstić information content (AvgIpc) is 2.96. The van der Waals surface area contributed by atoms with Gasteiger partial charge < -0.3 is 21.1 Å². The smallest absolute Gasteiger partial charge is 0.251 e. The molecule has 1 unspecified atom stereocenters. The minimum Gasteiger partial charge on any atom is -0.390 e. The second kappa shape index (κ2) is 14.2. The zero-order valence-electron chi connectivity index (χ0n) is 24.2. The number of aliphatic hydroxyl groups is 1. The van der Waals surface area contributed by atoms with Gasteiger partial charge in [-0.25, -0.2) is 0 Å². The number of carbonyl (C=O) groups excluding carboxylic acids is 1. The molecule has 1 fully saturated rings. The highest BCUT2D eigenvalue weighted by molar-refractivity contribution is 8.25. The first-order valence-corrected chi connectivity index (χ1v) is 16.1. The highest BCUT2D eigenvalue weighted by atomic mass is 32.3. The second-order valence-corrected chi connectivity index (χ2v) is 13.1. The Morgan fingerprint density at radius 2 is 1.71 bits per heavy atom. The summed E-state index contributed by atoms with van der Waals surface area (Å²) in [5.74, 6) is 0.0620. The predicted octanol–water partition coefficient (Wildman–Crippen LogP) is 5.48. The number of hydrogen-bond acceptors (Lipinski definition) is 7. The van der Waals surface area contributed by atoms with E-state index in [1.807, 2.05) is 75.4 Å². The number of benzene rings is 3. The Hall–Kier alpha value is -3.08. The number of aliphatic hydroxyl groups excluding tert-OH is 1. The van der Waals surface area contributed by atoms with E-state index in [2.05, 4.69) is 28.1 Å². The number of anilines is 2. The standard InChI is InChI=1S/C32H44N4O4S/c1-4-33-28-18-27(32(38)35-30(31(37)21-34-23(2)3)17-24-11-7-5-8-12-24)19-29(20-28)36-22-26(15-16-41(36,39)40)25-13-9-6-10-14-25/h5-14,18-20,23,26,30-31,33-34,37,39-40H,4,15-17,21-22H2,1-3H3,(H,35,38)/t26?,30-,31+/m0/s1. The summed E-state index contributed by atoms with van der Waals surface area (Å²) in [6.07, 6.45) is 0.337. The van der Waals surface area contributed by atoms with Crippen LogP contribution in [0.2, 0.25) is 0 Å². The Balaban J connectivity index is 1.62. The summed E-state index contributed by atoms with van der Waals surface area (Å²) in [7, 11) is -3.06. The van der Waals surface area contributed by atoms with E-state index >= 15 is 0 Å². The molecule has 6 N–H and O–H groups in total. The van der Waals surface area contributed by atoms with Gasteiger partial charge in [-0.1, -0.05) is 74.5 Å². The highest BCUT2D eigenvalue weighted by Crippen LogP contribution is 2.52. The number of nitrogens with zero attached hydrogens (tertiary/aromatic N) is 1. The van der Waals surface area contributed by atoms with Crippen molar-refractivity contribution in [3.8, 4) is 0 Å². The Morgan fingerprint density at radius 1 is 1.02 bits per heavy atom. The van der Waals surface area contributed by atoms with Gasteiger partial charge in [0.1, 0.15) is 0 Å². The van der Waals surface area contributed by atoms with E-state index in [9.17, 15) is 19.0 Å². The lowest BCUT2D eigenvalue weighted by atomic mass is 9.96. The molecule has 0 saturated carbocycles. The molecule has 41 heavy (non-hydrogen) atoms. The van der Waals surface area contributed by atoms with E-state index in [-0.39, 0.29) is 23.6 Å². The van der Waals surface area contributed by atoms with Gasteiger partial charge in [0.15, 0.2) is 0 Å². The topological polar surface area (TPSA) is 117 Å². The van der Waals surface area contributed by atoms with E-state index in [1.54, 1.807) is 16.4 Å². The fourth-order valence-electron chi connectivity index (χ4n) is 5.19. The molecule has 0 radical (unpaired) electrons. The van der Waals surface area contributed by atoms with Crippen molar-refractivity contribution in [1.82, 2.24) is 10.6 Å². The van der Waals surface area contributed by atoms with E-state index in [0.29, 0.717) is 49.4 Å². The Morgan fingerprint density at radius 3 is 2.37 bits per heavy atom. The third-order valence-corrected chi connectivity index (χ3v) is 9.26. The monoisotopic (exact) mass is 580 g/mol. The first-order chi connectivity index (χ1) is 19.7. The van der Waals surface area contributed by atoms with E-state index in [1.165, 1.54) is 0 Å². The van der Waals surface area contributed by atoms with Crippen molar-refractivity contribution < 1.29 is 19.0 Å². The van der Waals surface area contributed by atoms with Crippen molar-refractivity contribution in [2.45, 2.75) is 57.7 Å². The SMILES string of the molecule is CCNc1cc(C(=O)N[C@@H](Cc2ccccc2)[C@H](O)CNC(C)C)cc(N2CC(c3ccccc3)CCS2(O)O)c1. The molecule has 222 valence electrons. The molecule has 0 spiro atoms. The van der Waals surface area contributed by atoms with E-state index in [0.717, 1.165) is 11.1 Å². The fraction of sp³-hybridized carbons (Fsp3) is 0.406. The van der Waals surface area contributed by atoms with Crippen LogP contribution in [0.3, 0.4) is 0 Å². The molecular formula is C32H44N4O4S. The van der Waals surface area contributed by atoms with Crippen LogP contribution in [-0.2, 0) is 6.42 Å². The summed E-state index contributed by atoms with van der Waals surface area (Å²) < 4.78 is 23.8. The average molecular weight is 581 g/mol. The Bertz CT molecular complexity index is 1260. The van der Waals surface area contributed by atoms with Crippen LogP contribution >= 0.6 is 10.8 Å². The fourth-order valence-corrected chi connectivity index (χ4v) is 6.87. The van der Waals surface area contributed by atoms with Crippen LogP contribution in [0.5, 0.6) is 0 Å². The largest absolute Gasteiger partial charge is 0.390 e. The first kappa shape index (κ1) is 30.9. The predicted molar refractivity (Wildman–Crippen MR) is 170 cm³/mol. The third kappa shape index (κ3) is 8.47. The van der Waals surface area contributed by atoms with Crippen LogP contribution in [-0.4, -0.2) is 63.7 Å². The summed E-state index contributed by atoms with van der Waals surface area (Å²) in [6.45, 7) is 7.41. The molecular weight excluding hydrogens is 536 g/mol. The van der Waals surface area contributed by atoms with Gasteiger partial charge in [-0.05, 0) is 49.1 Å². The minimum absolute atomic E-state index is 0.134. The van der Waals surface area contributed by atoms with Gasteiger partial charge in [0.05, 0.1) is 23.6 Å². The number of amides is 1. The van der Waals surface area contributed by atoms with Crippen molar-refractivity contribution in [2.24, 2.45) is 0 Å². The van der Waals surface area contributed by atoms with Gasteiger partial charge in [0, 0.05) is 42.8 Å². The third-order valence-electron chi connectivity index (χ3n) is 7.41. The summed E-state index contributed by atoms with van der Waals surface area (Å²) in [6, 6.07) is 24.9. The highest BCUT2D eigenvalue weighted by Gasteiger charge is 2.34. The Labute approximate surface area is 245 Å². The first-order valence-electron chi connectivity index (χ1n) is 14.4. The van der Waals surface area contributed by atoms with E-state index in [4.69, 9.17) is 0 Å². The lowest BCUT2D eigenvalue weighted by Gasteiger charge is -2.50. The van der Waals surface area contributed by atoms with Gasteiger partial charge >= 0.3 is 0 Å².